The van der Waals surface area contributed by atoms with E-state index in [1.165, 1.54) is 84.9 Å². The highest BCUT2D eigenvalue weighted by molar-refractivity contribution is 7.86. The summed E-state index contributed by atoms with van der Waals surface area (Å²) in [5.74, 6) is -1.63. The number of fused-ring (bicyclic) bond motifs is 2. The van der Waals surface area contributed by atoms with E-state index in [9.17, 15) is 50.5 Å². The Labute approximate surface area is 295 Å². The van der Waals surface area contributed by atoms with Crippen LogP contribution in [0.25, 0.3) is 21.5 Å². The molecular weight excluding hydrogens is 717 g/mol. The standard InChI is InChI=1S/C35H26N4O11S2/c40-31-13-11-29(27-17-23(51(45,46)47)7-9-25(27)31)38-33(42)19-3-1-5-21(15-19)36-35(44)37-22-6-2-4-20(16-22)34(43)39-30-12-14-32(41)26-10-8-24(18-28(26)30)52(48,49)50/h1-18,40-41H,(H,38,42)(H,39,43)(H2,36,37,44)(H,45,46,47)(H,48,49,50). The summed E-state index contributed by atoms with van der Waals surface area (Å²) in [6.45, 7) is 0. The van der Waals surface area contributed by atoms with Crippen molar-refractivity contribution in [3.05, 3.63) is 120 Å². The summed E-state index contributed by atoms with van der Waals surface area (Å²) in [7, 11) is -9.14. The Bertz CT molecular complexity index is 2500. The predicted octanol–water partition coefficient (Wildman–Crippen LogP) is 6.05. The molecule has 6 rings (SSSR count). The zero-order valence-corrected chi connectivity index (χ0v) is 28.0. The van der Waals surface area contributed by atoms with Crippen LogP contribution in [0.3, 0.4) is 0 Å². The minimum absolute atomic E-state index is 0.106. The summed E-state index contributed by atoms with van der Waals surface area (Å²) < 4.78 is 65.6. The molecule has 0 atom stereocenters. The highest BCUT2D eigenvalue weighted by Gasteiger charge is 2.18. The molecule has 0 saturated heterocycles. The Morgan fingerprint density at radius 3 is 1.25 bits per heavy atom. The fraction of sp³-hybridized carbons (Fsp3) is 0. The normalized spacial score (nSPS) is 11.6. The molecule has 0 fully saturated rings. The second kappa shape index (κ2) is 13.6. The second-order valence-corrected chi connectivity index (χ2v) is 14.1. The Hall–Kier alpha value is -6.53. The molecule has 15 nitrogen and oxygen atoms in total. The summed E-state index contributed by atoms with van der Waals surface area (Å²) in [4.78, 5) is 38.4. The molecule has 6 aromatic rings. The number of urea groups is 1. The molecule has 0 aliphatic rings. The van der Waals surface area contributed by atoms with Gasteiger partial charge in [0.05, 0.1) is 9.79 Å². The molecule has 0 radical (unpaired) electrons. The molecule has 0 aliphatic heterocycles. The number of carbonyl (C=O) groups is 3. The van der Waals surface area contributed by atoms with Gasteiger partial charge in [0.15, 0.2) is 0 Å². The lowest BCUT2D eigenvalue weighted by atomic mass is 10.1. The van der Waals surface area contributed by atoms with E-state index >= 15 is 0 Å². The molecule has 17 heteroatoms. The van der Waals surface area contributed by atoms with Crippen LogP contribution in [0, 0.1) is 0 Å². The highest BCUT2D eigenvalue weighted by Crippen LogP contribution is 2.34. The molecule has 0 aromatic heterocycles. The lowest BCUT2D eigenvalue weighted by molar-refractivity contribution is 0.101. The maximum absolute atomic E-state index is 13.2. The van der Waals surface area contributed by atoms with Crippen LogP contribution in [0.2, 0.25) is 0 Å². The summed E-state index contributed by atoms with van der Waals surface area (Å²) in [6.07, 6.45) is 0. The van der Waals surface area contributed by atoms with E-state index in [4.69, 9.17) is 0 Å². The molecule has 6 aromatic carbocycles. The Morgan fingerprint density at radius 1 is 0.462 bits per heavy atom. The molecule has 264 valence electrons. The minimum atomic E-state index is -4.57. The number of nitrogens with one attached hydrogen (secondary N) is 4. The first kappa shape index (κ1) is 35.3. The number of aromatic hydroxyl groups is 2. The van der Waals surface area contributed by atoms with Crippen LogP contribution < -0.4 is 21.3 Å². The zero-order chi connectivity index (χ0) is 37.4. The van der Waals surface area contributed by atoms with Crippen molar-refractivity contribution in [2.24, 2.45) is 0 Å². The topological polar surface area (TPSA) is 249 Å². The van der Waals surface area contributed by atoms with E-state index in [1.807, 2.05) is 0 Å². The fourth-order valence-electron chi connectivity index (χ4n) is 5.32. The van der Waals surface area contributed by atoms with Gasteiger partial charge in [-0.1, -0.05) is 12.1 Å². The van der Waals surface area contributed by atoms with Crippen LogP contribution in [-0.2, 0) is 20.2 Å². The van der Waals surface area contributed by atoms with E-state index in [0.717, 1.165) is 24.3 Å². The number of benzene rings is 6. The number of hydrogen-bond acceptors (Lipinski definition) is 9. The van der Waals surface area contributed by atoms with Crippen LogP contribution in [0.15, 0.2) is 119 Å². The van der Waals surface area contributed by atoms with Gasteiger partial charge in [-0.15, -0.1) is 0 Å². The zero-order valence-electron chi connectivity index (χ0n) is 26.4. The van der Waals surface area contributed by atoms with Gasteiger partial charge in [0.25, 0.3) is 32.1 Å². The second-order valence-electron chi connectivity index (χ2n) is 11.3. The molecule has 0 saturated carbocycles. The number of rotatable bonds is 8. The lowest BCUT2D eigenvalue weighted by Crippen LogP contribution is -2.20. The van der Waals surface area contributed by atoms with Gasteiger partial charge in [-0.05, 0) is 97.1 Å². The Morgan fingerprint density at radius 2 is 0.865 bits per heavy atom. The minimum Gasteiger partial charge on any atom is -0.507 e. The molecule has 8 N–H and O–H groups in total. The average Bonchev–Trinajstić information content (AvgIpc) is 3.09. The van der Waals surface area contributed by atoms with Gasteiger partial charge < -0.3 is 31.5 Å². The first-order chi connectivity index (χ1) is 24.6. The van der Waals surface area contributed by atoms with Crippen LogP contribution in [0.5, 0.6) is 11.5 Å². The summed E-state index contributed by atoms with van der Waals surface area (Å²) in [6, 6.07) is 23.4. The van der Waals surface area contributed by atoms with Crippen molar-refractivity contribution in [1.29, 1.82) is 0 Å². The van der Waals surface area contributed by atoms with Crippen molar-refractivity contribution in [1.82, 2.24) is 0 Å². The Kier molecular flexibility index (Phi) is 9.26. The smallest absolute Gasteiger partial charge is 0.323 e. The SMILES string of the molecule is O=C(Nc1cccc(C(=O)Nc2ccc(O)c3ccc(S(=O)(=O)O)cc23)c1)Nc1cccc(C(=O)Nc2ccc(O)c3ccc(S(=O)(=O)O)cc23)c1. The molecule has 52 heavy (non-hydrogen) atoms. The molecule has 4 amide bonds. The van der Waals surface area contributed by atoms with Gasteiger partial charge in [-0.25, -0.2) is 4.79 Å². The van der Waals surface area contributed by atoms with E-state index in [-0.39, 0.29) is 66.9 Å². The lowest BCUT2D eigenvalue weighted by Gasteiger charge is -2.13. The third-order valence-corrected chi connectivity index (χ3v) is 9.49. The highest BCUT2D eigenvalue weighted by atomic mass is 32.2. The third-order valence-electron chi connectivity index (χ3n) is 7.79. The van der Waals surface area contributed by atoms with Gasteiger partial charge >= 0.3 is 6.03 Å². The molecule has 0 heterocycles. The quantitative estimate of drug-likeness (QED) is 0.0659. The third kappa shape index (κ3) is 7.62. The van der Waals surface area contributed by atoms with Gasteiger partial charge in [0.1, 0.15) is 11.5 Å². The van der Waals surface area contributed by atoms with Crippen molar-refractivity contribution in [2.45, 2.75) is 9.79 Å². The van der Waals surface area contributed by atoms with Crippen LogP contribution in [-0.4, -0.2) is 54.0 Å². The maximum atomic E-state index is 13.2. The average molecular weight is 743 g/mol. The summed E-state index contributed by atoms with van der Waals surface area (Å²) in [5.41, 5.74) is 0.927. The fourth-order valence-corrected chi connectivity index (χ4v) is 6.33. The maximum Gasteiger partial charge on any atom is 0.323 e. The summed E-state index contributed by atoms with van der Waals surface area (Å²) in [5, 5.41) is 31.6. The monoisotopic (exact) mass is 742 g/mol. The number of anilines is 4. The van der Waals surface area contributed by atoms with Gasteiger partial charge in [0.2, 0.25) is 0 Å². The van der Waals surface area contributed by atoms with Gasteiger partial charge in [0, 0.05) is 55.4 Å². The van der Waals surface area contributed by atoms with E-state index in [1.54, 1.807) is 0 Å². The van der Waals surface area contributed by atoms with E-state index in [0.29, 0.717) is 0 Å². The van der Waals surface area contributed by atoms with Crippen molar-refractivity contribution < 1.29 is 50.5 Å². The van der Waals surface area contributed by atoms with E-state index < -0.39 is 47.9 Å². The number of phenols is 2. The van der Waals surface area contributed by atoms with Crippen molar-refractivity contribution >= 4 is 82.4 Å². The van der Waals surface area contributed by atoms with Crippen molar-refractivity contribution in [3.63, 3.8) is 0 Å². The molecule has 0 aliphatic carbocycles. The largest absolute Gasteiger partial charge is 0.507 e. The first-order valence-electron chi connectivity index (χ1n) is 14.9. The van der Waals surface area contributed by atoms with E-state index in [2.05, 4.69) is 21.3 Å². The van der Waals surface area contributed by atoms with Crippen LogP contribution in [0.1, 0.15) is 20.7 Å². The first-order valence-corrected chi connectivity index (χ1v) is 17.8. The van der Waals surface area contributed by atoms with Crippen molar-refractivity contribution in [2.75, 3.05) is 21.3 Å². The number of carbonyl (C=O) groups excluding carboxylic acids is 3. The van der Waals surface area contributed by atoms with Crippen LogP contribution in [0.4, 0.5) is 27.5 Å². The van der Waals surface area contributed by atoms with Gasteiger partial charge in [-0.3, -0.25) is 18.7 Å². The number of phenolic OH excluding ortho intramolecular Hbond substituents is 2. The van der Waals surface area contributed by atoms with Gasteiger partial charge in [-0.2, -0.15) is 16.8 Å². The molecule has 0 bridgehead atoms. The molecular formula is C35H26N4O11S2. The molecule has 0 unspecified atom stereocenters. The summed E-state index contributed by atoms with van der Waals surface area (Å²) >= 11 is 0. The predicted molar refractivity (Wildman–Crippen MR) is 192 cm³/mol. The van der Waals surface area contributed by atoms with Crippen LogP contribution >= 0.6 is 0 Å². The Balaban J connectivity index is 1.15. The number of amides is 4. The number of hydrogen-bond donors (Lipinski definition) is 8. The molecule has 0 spiro atoms. The van der Waals surface area contributed by atoms with Crippen molar-refractivity contribution in [3.8, 4) is 11.5 Å².